The summed E-state index contributed by atoms with van der Waals surface area (Å²) >= 11 is 1.84. The minimum atomic E-state index is -0.546. The minimum Gasteiger partial charge on any atom is -0.339 e. The van der Waals surface area contributed by atoms with Crippen molar-refractivity contribution in [2.75, 3.05) is 24.6 Å². The Morgan fingerprint density at radius 2 is 2.17 bits per heavy atom. The molecule has 0 aliphatic carbocycles. The number of tetrazole rings is 1. The Labute approximate surface area is 138 Å². The average Bonchev–Trinajstić information content (AvgIpc) is 2.99. The van der Waals surface area contributed by atoms with E-state index in [1.807, 2.05) is 22.7 Å². The topological polar surface area (TPSA) is 63.9 Å². The molecular weight excluding hydrogens is 317 g/mol. The van der Waals surface area contributed by atoms with Crippen molar-refractivity contribution < 1.29 is 9.18 Å². The van der Waals surface area contributed by atoms with Crippen LogP contribution in [0.4, 0.5) is 4.39 Å². The summed E-state index contributed by atoms with van der Waals surface area (Å²) in [5, 5.41) is 11.5. The highest BCUT2D eigenvalue weighted by molar-refractivity contribution is 7.99. The molecule has 1 aromatic carbocycles. The third kappa shape index (κ3) is 3.69. The minimum absolute atomic E-state index is 0.00930. The van der Waals surface area contributed by atoms with Crippen LogP contribution in [0.15, 0.2) is 24.3 Å². The molecule has 1 atom stereocenters. The summed E-state index contributed by atoms with van der Waals surface area (Å²) in [6.45, 7) is 3.21. The van der Waals surface area contributed by atoms with Gasteiger partial charge in [0.05, 0.1) is 0 Å². The third-order valence-electron chi connectivity index (χ3n) is 3.88. The average molecular weight is 335 g/mol. The van der Waals surface area contributed by atoms with E-state index in [1.54, 1.807) is 13.0 Å². The predicted molar refractivity (Wildman–Crippen MR) is 85.6 cm³/mol. The number of aryl methyl sites for hydroxylation is 1. The van der Waals surface area contributed by atoms with E-state index < -0.39 is 6.04 Å². The summed E-state index contributed by atoms with van der Waals surface area (Å²) < 4.78 is 15.0. The van der Waals surface area contributed by atoms with Crippen LogP contribution in [0.3, 0.4) is 0 Å². The highest BCUT2D eigenvalue weighted by atomic mass is 32.2. The van der Waals surface area contributed by atoms with Gasteiger partial charge in [-0.2, -0.15) is 11.8 Å². The number of hydrogen-bond acceptors (Lipinski definition) is 5. The van der Waals surface area contributed by atoms with Gasteiger partial charge in [0.1, 0.15) is 17.7 Å². The molecule has 2 heterocycles. The Hall–Kier alpha value is -1.96. The van der Waals surface area contributed by atoms with E-state index in [-0.39, 0.29) is 11.7 Å². The van der Waals surface area contributed by atoms with Gasteiger partial charge in [-0.05, 0) is 35.0 Å². The lowest BCUT2D eigenvalue weighted by Gasteiger charge is -2.30. The first-order valence-electron chi connectivity index (χ1n) is 7.50. The predicted octanol–water partition coefficient (Wildman–Crippen LogP) is 1.48. The molecule has 2 aromatic rings. The zero-order valence-corrected chi connectivity index (χ0v) is 13.7. The largest absolute Gasteiger partial charge is 0.339 e. The molecule has 3 rings (SSSR count). The van der Waals surface area contributed by atoms with Gasteiger partial charge in [-0.25, -0.2) is 9.07 Å². The number of carbonyl (C=O) groups is 1. The maximum Gasteiger partial charge on any atom is 0.247 e. The number of aromatic nitrogens is 4. The molecule has 0 bridgehead atoms. The van der Waals surface area contributed by atoms with Gasteiger partial charge in [0.25, 0.3) is 0 Å². The maximum absolute atomic E-state index is 13.4. The fraction of sp³-hybridized carbons (Fsp3) is 0.467. The smallest absolute Gasteiger partial charge is 0.247 e. The lowest BCUT2D eigenvalue weighted by molar-refractivity contribution is -0.134. The van der Waals surface area contributed by atoms with Crippen molar-refractivity contribution in [1.82, 2.24) is 25.1 Å². The summed E-state index contributed by atoms with van der Waals surface area (Å²) in [6, 6.07) is 5.76. The van der Waals surface area contributed by atoms with E-state index in [1.165, 1.54) is 16.8 Å². The molecule has 23 heavy (non-hydrogen) atoms. The fourth-order valence-corrected chi connectivity index (χ4v) is 3.59. The molecule has 1 fully saturated rings. The summed E-state index contributed by atoms with van der Waals surface area (Å²) in [5.41, 5.74) is 0.754. The van der Waals surface area contributed by atoms with E-state index in [4.69, 9.17) is 0 Å². The molecule has 122 valence electrons. The summed E-state index contributed by atoms with van der Waals surface area (Å²) in [6.07, 6.45) is 0.367. The zero-order chi connectivity index (χ0) is 16.2. The highest BCUT2D eigenvalue weighted by Crippen LogP contribution is 2.20. The quantitative estimate of drug-likeness (QED) is 0.847. The summed E-state index contributed by atoms with van der Waals surface area (Å²) in [7, 11) is 0. The molecule has 0 saturated carbocycles. The van der Waals surface area contributed by atoms with Crippen molar-refractivity contribution in [3.8, 4) is 0 Å². The molecule has 1 saturated heterocycles. The van der Waals surface area contributed by atoms with Crippen LogP contribution in [-0.4, -0.2) is 55.6 Å². The van der Waals surface area contributed by atoms with Gasteiger partial charge in [0.15, 0.2) is 0 Å². The van der Waals surface area contributed by atoms with Crippen LogP contribution in [0.2, 0.25) is 0 Å². The normalized spacial score (nSPS) is 16.3. The number of hydrogen-bond donors (Lipinski definition) is 0. The Bertz CT molecular complexity index is 686. The lowest BCUT2D eigenvalue weighted by atomic mass is 10.0. The Balaban J connectivity index is 1.87. The van der Waals surface area contributed by atoms with Crippen molar-refractivity contribution in [3.05, 3.63) is 41.5 Å². The zero-order valence-electron chi connectivity index (χ0n) is 12.9. The van der Waals surface area contributed by atoms with Crippen LogP contribution in [0.25, 0.3) is 0 Å². The molecule has 6 nitrogen and oxygen atoms in total. The number of amides is 1. The molecule has 1 aromatic heterocycles. The first-order valence-corrected chi connectivity index (χ1v) is 8.66. The van der Waals surface area contributed by atoms with Gasteiger partial charge in [0, 0.05) is 31.0 Å². The second-order valence-electron chi connectivity index (χ2n) is 5.46. The lowest BCUT2D eigenvalue weighted by Crippen LogP contribution is -2.43. The van der Waals surface area contributed by atoms with Crippen LogP contribution < -0.4 is 0 Å². The van der Waals surface area contributed by atoms with Crippen LogP contribution in [0.5, 0.6) is 0 Å². The van der Waals surface area contributed by atoms with Crippen LogP contribution >= 0.6 is 11.8 Å². The van der Waals surface area contributed by atoms with Crippen molar-refractivity contribution >= 4 is 17.7 Å². The Morgan fingerprint density at radius 1 is 1.39 bits per heavy atom. The number of nitrogens with zero attached hydrogens (tertiary/aromatic N) is 5. The maximum atomic E-state index is 13.4. The van der Waals surface area contributed by atoms with Gasteiger partial charge in [0.2, 0.25) is 5.91 Å². The van der Waals surface area contributed by atoms with Crippen molar-refractivity contribution in [2.45, 2.75) is 19.4 Å². The van der Waals surface area contributed by atoms with Crippen LogP contribution in [-0.2, 0) is 11.2 Å². The fourth-order valence-electron chi connectivity index (χ4n) is 2.69. The SMILES string of the molecule is Cc1nnnn1C(Cc1cccc(F)c1)C(=O)N1CCSCC1. The molecule has 0 spiro atoms. The number of thioether (sulfide) groups is 1. The van der Waals surface area contributed by atoms with E-state index in [0.29, 0.717) is 12.2 Å². The molecule has 0 N–H and O–H groups in total. The molecule has 0 radical (unpaired) electrons. The standard InChI is InChI=1S/C15H18FN5OS/c1-11-17-18-19-21(11)14(10-12-3-2-4-13(16)9-12)15(22)20-5-7-23-8-6-20/h2-4,9,14H,5-8,10H2,1H3. The number of carbonyl (C=O) groups excluding carboxylic acids is 1. The molecule has 1 aliphatic rings. The van der Waals surface area contributed by atoms with Crippen molar-refractivity contribution in [1.29, 1.82) is 0 Å². The van der Waals surface area contributed by atoms with Crippen LogP contribution in [0.1, 0.15) is 17.4 Å². The highest BCUT2D eigenvalue weighted by Gasteiger charge is 2.29. The van der Waals surface area contributed by atoms with Crippen molar-refractivity contribution in [3.63, 3.8) is 0 Å². The second kappa shape index (κ2) is 7.08. The van der Waals surface area contributed by atoms with Gasteiger partial charge in [-0.1, -0.05) is 12.1 Å². The monoisotopic (exact) mass is 335 g/mol. The summed E-state index contributed by atoms with van der Waals surface area (Å²) in [5.74, 6) is 2.13. The van der Waals surface area contributed by atoms with Gasteiger partial charge in [-0.15, -0.1) is 5.10 Å². The van der Waals surface area contributed by atoms with Crippen molar-refractivity contribution in [2.24, 2.45) is 0 Å². The van der Waals surface area contributed by atoms with Gasteiger partial charge in [-0.3, -0.25) is 4.79 Å². The first kappa shape index (κ1) is 15.9. The molecule has 1 unspecified atom stereocenters. The molecule has 1 aliphatic heterocycles. The summed E-state index contributed by atoms with van der Waals surface area (Å²) in [4.78, 5) is 14.8. The van der Waals surface area contributed by atoms with Crippen LogP contribution in [0, 0.1) is 12.7 Å². The van der Waals surface area contributed by atoms with E-state index >= 15 is 0 Å². The van der Waals surface area contributed by atoms with E-state index in [2.05, 4.69) is 15.5 Å². The number of rotatable bonds is 4. The molecule has 1 amide bonds. The molecular formula is C15H18FN5OS. The Kier molecular flexibility index (Phi) is 4.90. The number of halogens is 1. The van der Waals surface area contributed by atoms with E-state index in [9.17, 15) is 9.18 Å². The van der Waals surface area contributed by atoms with Gasteiger partial charge < -0.3 is 4.90 Å². The van der Waals surface area contributed by atoms with E-state index in [0.717, 1.165) is 30.2 Å². The molecule has 8 heteroatoms. The Morgan fingerprint density at radius 3 is 2.83 bits per heavy atom. The first-order chi connectivity index (χ1) is 11.1. The number of benzene rings is 1. The second-order valence-corrected chi connectivity index (χ2v) is 6.68. The van der Waals surface area contributed by atoms with Gasteiger partial charge >= 0.3 is 0 Å². The third-order valence-corrected chi connectivity index (χ3v) is 4.82.